The number of aliphatic carboxylic acids is 1. The maximum Gasteiger partial charge on any atom is 0.300 e. The van der Waals surface area contributed by atoms with Crippen LogP contribution in [0.3, 0.4) is 0 Å². The Morgan fingerprint density at radius 3 is 2.22 bits per heavy atom. The van der Waals surface area contributed by atoms with Crippen molar-refractivity contribution in [3.63, 3.8) is 0 Å². The molecule has 0 unspecified atom stereocenters. The number of aliphatic hydroxyl groups is 1. The third-order valence-corrected chi connectivity index (χ3v) is 7.17. The van der Waals surface area contributed by atoms with E-state index in [9.17, 15) is 5.11 Å². The fourth-order valence-electron chi connectivity index (χ4n) is 5.55. The Labute approximate surface area is 223 Å². The van der Waals surface area contributed by atoms with Crippen LogP contribution in [0.2, 0.25) is 0 Å². The van der Waals surface area contributed by atoms with Gasteiger partial charge in [0.1, 0.15) is 0 Å². The highest BCUT2D eigenvalue weighted by Crippen LogP contribution is 2.30. The highest BCUT2D eigenvalue weighted by Gasteiger charge is 2.28. The van der Waals surface area contributed by atoms with E-state index in [0.717, 1.165) is 59.3 Å². The molecule has 2 N–H and O–H groups in total. The molecule has 2 aromatic rings. The number of aryl methyl sites for hydroxylation is 1. The molecule has 0 aliphatic carbocycles. The van der Waals surface area contributed by atoms with Gasteiger partial charge >= 0.3 is 0 Å². The number of hydrogen-bond acceptors (Lipinski definition) is 6. The molecule has 0 saturated carbocycles. The zero-order valence-corrected chi connectivity index (χ0v) is 23.5. The molecule has 0 spiro atoms. The summed E-state index contributed by atoms with van der Waals surface area (Å²) >= 11 is 0. The van der Waals surface area contributed by atoms with Gasteiger partial charge in [0.25, 0.3) is 5.97 Å². The molecule has 2 aliphatic rings. The van der Waals surface area contributed by atoms with Crippen molar-refractivity contribution in [1.29, 1.82) is 0 Å². The van der Waals surface area contributed by atoms with Crippen molar-refractivity contribution in [2.75, 3.05) is 55.6 Å². The Hall–Kier alpha value is -2.61. The van der Waals surface area contributed by atoms with Crippen LogP contribution in [0.15, 0.2) is 48.5 Å². The van der Waals surface area contributed by atoms with Gasteiger partial charge in [-0.2, -0.15) is 0 Å². The Morgan fingerprint density at radius 2 is 1.65 bits per heavy atom. The lowest BCUT2D eigenvalue weighted by Crippen LogP contribution is -2.54. The minimum absolute atomic E-state index is 0.438. The van der Waals surface area contributed by atoms with Crippen LogP contribution < -0.4 is 9.80 Å². The van der Waals surface area contributed by atoms with Crippen LogP contribution in [0.4, 0.5) is 11.4 Å². The van der Waals surface area contributed by atoms with Gasteiger partial charge in [-0.3, -0.25) is 14.6 Å². The van der Waals surface area contributed by atoms with Gasteiger partial charge in [-0.15, -0.1) is 0 Å². The Kier molecular flexibility index (Phi) is 9.99. The number of hydrogen-bond donors (Lipinski definition) is 2. The number of carbonyl (C=O) groups is 1. The fraction of sp³-hybridized carbons (Fsp3) is 0.567. The molecule has 2 saturated heterocycles. The predicted molar refractivity (Wildman–Crippen MR) is 153 cm³/mol. The largest absolute Gasteiger partial charge is 0.481 e. The Bertz CT molecular complexity index is 1000. The average molecular weight is 511 g/mol. The number of piperazine rings is 2. The highest BCUT2D eigenvalue weighted by molar-refractivity contribution is 5.63. The Morgan fingerprint density at radius 1 is 0.973 bits per heavy atom. The summed E-state index contributed by atoms with van der Waals surface area (Å²) in [6.07, 6.45) is 0. The third-order valence-electron chi connectivity index (χ3n) is 7.17. The SMILES string of the molecule is CC(=O)O.Cc1cc(N2CCN(CC(C)(C)O)C[C@@H]2C)ccc1N1CCN(Cc2ccccc2)[C@@H](C)C1. The maximum absolute atomic E-state index is 10.2. The van der Waals surface area contributed by atoms with E-state index in [1.165, 1.54) is 22.5 Å². The van der Waals surface area contributed by atoms with Gasteiger partial charge in [0.05, 0.1) is 5.60 Å². The summed E-state index contributed by atoms with van der Waals surface area (Å²) in [7, 11) is 0. The quantitative estimate of drug-likeness (QED) is 0.607. The molecule has 2 fully saturated rings. The molecule has 37 heavy (non-hydrogen) atoms. The van der Waals surface area contributed by atoms with Gasteiger partial charge in [0.15, 0.2) is 0 Å². The van der Waals surface area contributed by atoms with E-state index in [1.54, 1.807) is 0 Å². The van der Waals surface area contributed by atoms with Crippen molar-refractivity contribution >= 4 is 17.3 Å². The summed E-state index contributed by atoms with van der Waals surface area (Å²) in [6.45, 7) is 19.8. The van der Waals surface area contributed by atoms with Crippen molar-refractivity contribution in [3.05, 3.63) is 59.7 Å². The van der Waals surface area contributed by atoms with Gasteiger partial charge in [-0.25, -0.2) is 0 Å². The van der Waals surface area contributed by atoms with Gasteiger partial charge in [-0.05, 0) is 63.9 Å². The van der Waals surface area contributed by atoms with E-state index in [1.807, 2.05) is 13.8 Å². The number of rotatable bonds is 6. The van der Waals surface area contributed by atoms with Crippen LogP contribution in [0.5, 0.6) is 0 Å². The van der Waals surface area contributed by atoms with E-state index in [0.29, 0.717) is 12.1 Å². The normalized spacial score (nSPS) is 21.4. The van der Waals surface area contributed by atoms with Crippen molar-refractivity contribution in [2.24, 2.45) is 0 Å². The summed E-state index contributed by atoms with van der Waals surface area (Å²) < 4.78 is 0. The van der Waals surface area contributed by atoms with Gasteiger partial charge in [0, 0.05) is 82.7 Å². The van der Waals surface area contributed by atoms with Crippen LogP contribution in [0.1, 0.15) is 45.7 Å². The predicted octanol–water partition coefficient (Wildman–Crippen LogP) is 4.08. The van der Waals surface area contributed by atoms with Crippen LogP contribution in [-0.4, -0.2) is 89.5 Å². The van der Waals surface area contributed by atoms with Crippen molar-refractivity contribution < 1.29 is 15.0 Å². The van der Waals surface area contributed by atoms with Crippen LogP contribution in [-0.2, 0) is 11.3 Å². The van der Waals surface area contributed by atoms with E-state index in [-0.39, 0.29) is 0 Å². The molecule has 0 bridgehead atoms. The molecular formula is C30H46N4O3. The Balaban J connectivity index is 0.000000886. The lowest BCUT2D eigenvalue weighted by atomic mass is 10.0. The molecule has 7 heteroatoms. The number of anilines is 2. The molecule has 0 aromatic heterocycles. The van der Waals surface area contributed by atoms with Crippen LogP contribution in [0.25, 0.3) is 0 Å². The van der Waals surface area contributed by atoms with E-state index in [2.05, 4.69) is 88.9 Å². The van der Waals surface area contributed by atoms with Crippen molar-refractivity contribution in [2.45, 2.75) is 65.8 Å². The molecule has 4 rings (SSSR count). The summed E-state index contributed by atoms with van der Waals surface area (Å²) in [5.41, 5.74) is 4.82. The zero-order chi connectivity index (χ0) is 27.2. The molecule has 2 heterocycles. The lowest BCUT2D eigenvalue weighted by molar-refractivity contribution is -0.134. The zero-order valence-electron chi connectivity index (χ0n) is 23.5. The second kappa shape index (κ2) is 12.8. The van der Waals surface area contributed by atoms with Gasteiger partial charge in [0.2, 0.25) is 0 Å². The molecule has 2 aromatic carbocycles. The highest BCUT2D eigenvalue weighted by atomic mass is 16.4. The topological polar surface area (TPSA) is 70.5 Å². The van der Waals surface area contributed by atoms with Gasteiger partial charge in [-0.1, -0.05) is 30.3 Å². The monoisotopic (exact) mass is 510 g/mol. The lowest BCUT2D eigenvalue weighted by Gasteiger charge is -2.43. The molecular weight excluding hydrogens is 464 g/mol. The standard InChI is InChI=1S/C28H42N4O.C2H4O2/c1-22-17-26(32-16-13-29(18-24(32)3)21-28(4,5)33)11-12-27(22)31-15-14-30(23(2)19-31)20-25-9-7-6-8-10-25;1-2(3)4/h6-12,17,23-24,33H,13-16,18-21H2,1-5H3;1H3,(H,3,4)/t23-,24-;/m0./s1. The number of benzene rings is 2. The molecule has 204 valence electrons. The summed E-state index contributed by atoms with van der Waals surface area (Å²) in [5, 5.41) is 17.6. The minimum Gasteiger partial charge on any atom is -0.481 e. The van der Waals surface area contributed by atoms with Gasteiger partial charge < -0.3 is 20.0 Å². The van der Waals surface area contributed by atoms with Crippen LogP contribution in [0, 0.1) is 6.92 Å². The average Bonchev–Trinajstić information content (AvgIpc) is 2.80. The summed E-state index contributed by atoms with van der Waals surface area (Å²) in [5.74, 6) is -0.833. The molecule has 0 radical (unpaired) electrons. The number of carboxylic acid groups (broad SMARTS) is 1. The molecule has 0 amide bonds. The first-order valence-electron chi connectivity index (χ1n) is 13.5. The molecule has 7 nitrogen and oxygen atoms in total. The third kappa shape index (κ3) is 8.73. The second-order valence-corrected chi connectivity index (χ2v) is 11.3. The van der Waals surface area contributed by atoms with Crippen molar-refractivity contribution in [1.82, 2.24) is 9.80 Å². The fourth-order valence-corrected chi connectivity index (χ4v) is 5.55. The molecule has 2 aliphatic heterocycles. The first-order chi connectivity index (χ1) is 17.4. The van der Waals surface area contributed by atoms with E-state index in [4.69, 9.17) is 9.90 Å². The maximum atomic E-state index is 10.2. The summed E-state index contributed by atoms with van der Waals surface area (Å²) in [6, 6.07) is 18.8. The van der Waals surface area contributed by atoms with E-state index < -0.39 is 11.6 Å². The summed E-state index contributed by atoms with van der Waals surface area (Å²) in [4.78, 5) is 19.1. The van der Waals surface area contributed by atoms with Crippen molar-refractivity contribution in [3.8, 4) is 0 Å². The van der Waals surface area contributed by atoms with Crippen LogP contribution >= 0.6 is 0 Å². The number of carboxylic acids is 1. The second-order valence-electron chi connectivity index (χ2n) is 11.3. The first-order valence-corrected chi connectivity index (χ1v) is 13.5. The van der Waals surface area contributed by atoms with E-state index >= 15 is 0 Å². The molecule has 2 atom stereocenters. The minimum atomic E-state index is -0.833. The first kappa shape index (κ1) is 29.0. The smallest absolute Gasteiger partial charge is 0.300 e. The number of β-amino-alcohol motifs (C(OH)–C–C–N with tert-alkyl or cyclic N) is 1. The number of nitrogens with zero attached hydrogens (tertiary/aromatic N) is 4.